The Morgan fingerprint density at radius 1 is 1.10 bits per heavy atom. The molecule has 1 fully saturated rings. The van der Waals surface area contributed by atoms with Crippen molar-refractivity contribution in [3.63, 3.8) is 0 Å². The Kier molecular flexibility index (Phi) is 8.01. The molecule has 8 heteroatoms. The molecular formula is C21H35NO6Si. The van der Waals surface area contributed by atoms with Crippen LogP contribution in [-0.2, 0) is 28.3 Å². The third-order valence-corrected chi connectivity index (χ3v) is 10.5. The van der Waals surface area contributed by atoms with Gasteiger partial charge in [-0.15, -0.1) is 0 Å². The van der Waals surface area contributed by atoms with E-state index in [-0.39, 0.29) is 24.2 Å². The SMILES string of the molecule is C=CCOC(=O)C(C)(C(=O)OCC=C)[C@H]1NC(=O)[C@@H]1[C@@H](C)O[Si](C)(C)C(C)(C)C. The standard InChI is InChI=1S/C21H35NO6Si/c1-10-12-26-18(24)21(7,19(25)27-13-11-2)16-15(17(23)22-16)14(3)28-29(8,9)20(4,5)6/h10-11,14-16H,1-2,12-13H2,3-9H3,(H,22,23)/t14-,15-,16+/m1/s1. The molecule has 1 N–H and O–H groups in total. The molecule has 164 valence electrons. The lowest BCUT2D eigenvalue weighted by molar-refractivity contribution is -0.179. The van der Waals surface area contributed by atoms with Crippen LogP contribution in [0.15, 0.2) is 25.3 Å². The van der Waals surface area contributed by atoms with Crippen LogP contribution in [0, 0.1) is 11.3 Å². The number of β-lactam (4-membered cyclic amide) rings is 1. The maximum absolute atomic E-state index is 12.8. The van der Waals surface area contributed by atoms with E-state index in [4.69, 9.17) is 13.9 Å². The highest BCUT2D eigenvalue weighted by Gasteiger charge is 2.62. The lowest BCUT2D eigenvalue weighted by Gasteiger charge is -2.49. The summed E-state index contributed by atoms with van der Waals surface area (Å²) in [6, 6.07) is -0.801. The number of nitrogens with one attached hydrogen (secondary N) is 1. The summed E-state index contributed by atoms with van der Waals surface area (Å²) in [4.78, 5) is 38.0. The van der Waals surface area contributed by atoms with E-state index < -0.39 is 43.7 Å². The Labute approximate surface area is 175 Å². The molecule has 1 amide bonds. The predicted octanol–water partition coefficient (Wildman–Crippen LogP) is 2.98. The van der Waals surface area contributed by atoms with E-state index in [1.807, 2.05) is 6.92 Å². The van der Waals surface area contributed by atoms with E-state index >= 15 is 0 Å². The third kappa shape index (κ3) is 5.16. The van der Waals surface area contributed by atoms with Crippen LogP contribution in [0.3, 0.4) is 0 Å². The Balaban J connectivity index is 3.19. The molecule has 1 aliphatic heterocycles. The Bertz CT molecular complexity index is 643. The smallest absolute Gasteiger partial charge is 0.325 e. The zero-order valence-corrected chi connectivity index (χ0v) is 19.7. The van der Waals surface area contributed by atoms with E-state index in [1.54, 1.807) is 0 Å². The molecule has 1 rings (SSSR count). The quantitative estimate of drug-likeness (QED) is 0.190. The van der Waals surface area contributed by atoms with Crippen LogP contribution < -0.4 is 5.32 Å². The van der Waals surface area contributed by atoms with Gasteiger partial charge < -0.3 is 19.2 Å². The second-order valence-corrected chi connectivity index (χ2v) is 13.8. The van der Waals surface area contributed by atoms with Crippen LogP contribution in [0.2, 0.25) is 18.1 Å². The molecular weight excluding hydrogens is 390 g/mol. The summed E-state index contributed by atoms with van der Waals surface area (Å²) in [5, 5.41) is 2.65. The lowest BCUT2D eigenvalue weighted by atomic mass is 9.69. The van der Waals surface area contributed by atoms with Crippen LogP contribution in [0.1, 0.15) is 34.6 Å². The van der Waals surface area contributed by atoms with E-state index in [2.05, 4.69) is 52.3 Å². The molecule has 1 heterocycles. The van der Waals surface area contributed by atoms with Crippen molar-refractivity contribution in [3.8, 4) is 0 Å². The fourth-order valence-electron chi connectivity index (χ4n) is 3.00. The molecule has 0 spiro atoms. The largest absolute Gasteiger partial charge is 0.461 e. The topological polar surface area (TPSA) is 90.9 Å². The minimum absolute atomic E-state index is 0.0495. The molecule has 0 saturated carbocycles. The molecule has 0 aliphatic carbocycles. The summed E-state index contributed by atoms with van der Waals surface area (Å²) >= 11 is 0. The zero-order valence-electron chi connectivity index (χ0n) is 18.7. The number of carbonyl (C=O) groups excluding carboxylic acids is 3. The molecule has 1 saturated heterocycles. The second-order valence-electron chi connectivity index (χ2n) is 9.07. The van der Waals surface area contributed by atoms with Gasteiger partial charge in [-0.3, -0.25) is 14.4 Å². The molecule has 7 nitrogen and oxygen atoms in total. The molecule has 0 aromatic rings. The van der Waals surface area contributed by atoms with Gasteiger partial charge in [-0.1, -0.05) is 46.1 Å². The average molecular weight is 426 g/mol. The normalized spacial score (nSPS) is 20.7. The van der Waals surface area contributed by atoms with Crippen LogP contribution in [0.4, 0.5) is 0 Å². The van der Waals surface area contributed by atoms with Crippen LogP contribution >= 0.6 is 0 Å². The maximum atomic E-state index is 12.8. The van der Waals surface area contributed by atoms with Crippen molar-refractivity contribution in [1.29, 1.82) is 0 Å². The second kappa shape index (κ2) is 9.26. The van der Waals surface area contributed by atoms with Gasteiger partial charge in [-0.2, -0.15) is 0 Å². The molecule has 0 unspecified atom stereocenters. The molecule has 0 aromatic carbocycles. The fourth-order valence-corrected chi connectivity index (χ4v) is 4.43. The zero-order chi connectivity index (χ0) is 22.6. The van der Waals surface area contributed by atoms with E-state index in [1.165, 1.54) is 19.1 Å². The molecule has 29 heavy (non-hydrogen) atoms. The summed E-state index contributed by atoms with van der Waals surface area (Å²) in [6.07, 6.45) is 2.34. The molecule has 0 radical (unpaired) electrons. The predicted molar refractivity (Wildman–Crippen MR) is 114 cm³/mol. The van der Waals surface area contributed by atoms with Gasteiger partial charge in [0.05, 0.1) is 18.1 Å². The fraction of sp³-hybridized carbons (Fsp3) is 0.667. The minimum atomic E-state index is -2.17. The summed E-state index contributed by atoms with van der Waals surface area (Å²) in [6.45, 7) is 20.7. The summed E-state index contributed by atoms with van der Waals surface area (Å²) < 4.78 is 16.7. The van der Waals surface area contributed by atoms with Crippen molar-refractivity contribution in [2.24, 2.45) is 11.3 Å². The first-order valence-corrected chi connectivity index (χ1v) is 12.7. The van der Waals surface area contributed by atoms with Crippen molar-refractivity contribution in [2.45, 2.75) is 64.9 Å². The number of esters is 2. The van der Waals surface area contributed by atoms with Gasteiger partial charge in [0.25, 0.3) is 0 Å². The summed E-state index contributed by atoms with van der Waals surface area (Å²) in [5.41, 5.74) is -1.71. The Morgan fingerprint density at radius 2 is 1.55 bits per heavy atom. The first-order chi connectivity index (χ1) is 13.2. The first kappa shape index (κ1) is 25.1. The number of carbonyl (C=O) groups is 3. The molecule has 1 aliphatic rings. The highest BCUT2D eigenvalue weighted by atomic mass is 28.4. The first-order valence-electron chi connectivity index (χ1n) is 9.78. The van der Waals surface area contributed by atoms with Crippen molar-refractivity contribution >= 4 is 26.2 Å². The van der Waals surface area contributed by atoms with Crippen LogP contribution in [0.25, 0.3) is 0 Å². The number of hydrogen-bond donors (Lipinski definition) is 1. The van der Waals surface area contributed by atoms with E-state index in [9.17, 15) is 14.4 Å². The molecule has 0 bridgehead atoms. The monoisotopic (exact) mass is 425 g/mol. The number of amides is 1. The maximum Gasteiger partial charge on any atom is 0.325 e. The van der Waals surface area contributed by atoms with Gasteiger partial charge >= 0.3 is 11.9 Å². The minimum Gasteiger partial charge on any atom is -0.461 e. The van der Waals surface area contributed by atoms with E-state index in [0.29, 0.717) is 0 Å². The van der Waals surface area contributed by atoms with Crippen LogP contribution in [-0.4, -0.2) is 51.5 Å². The van der Waals surface area contributed by atoms with Crippen molar-refractivity contribution in [2.75, 3.05) is 13.2 Å². The van der Waals surface area contributed by atoms with Gasteiger partial charge in [0.15, 0.2) is 13.7 Å². The van der Waals surface area contributed by atoms with Crippen molar-refractivity contribution in [1.82, 2.24) is 5.32 Å². The number of rotatable bonds is 10. The van der Waals surface area contributed by atoms with E-state index in [0.717, 1.165) is 0 Å². The summed E-state index contributed by atoms with van der Waals surface area (Å²) in [7, 11) is -2.17. The van der Waals surface area contributed by atoms with Crippen molar-refractivity contribution in [3.05, 3.63) is 25.3 Å². The highest BCUT2D eigenvalue weighted by molar-refractivity contribution is 6.74. The van der Waals surface area contributed by atoms with Gasteiger partial charge in [-0.05, 0) is 32.0 Å². The average Bonchev–Trinajstić information content (AvgIpc) is 2.59. The number of hydrogen-bond acceptors (Lipinski definition) is 6. The van der Waals surface area contributed by atoms with Gasteiger partial charge in [-0.25, -0.2) is 0 Å². The number of ether oxygens (including phenoxy) is 2. The lowest BCUT2D eigenvalue weighted by Crippen LogP contribution is -2.72. The van der Waals surface area contributed by atoms with Gasteiger partial charge in [0.1, 0.15) is 13.2 Å². The van der Waals surface area contributed by atoms with Crippen LogP contribution in [0.5, 0.6) is 0 Å². The summed E-state index contributed by atoms with van der Waals surface area (Å²) in [5.74, 6) is -2.50. The Morgan fingerprint density at radius 3 is 1.90 bits per heavy atom. The van der Waals surface area contributed by atoms with Gasteiger partial charge in [0.2, 0.25) is 5.91 Å². The highest BCUT2D eigenvalue weighted by Crippen LogP contribution is 2.42. The third-order valence-electron chi connectivity index (χ3n) is 5.89. The van der Waals surface area contributed by atoms with Crippen molar-refractivity contribution < 1.29 is 28.3 Å². The van der Waals surface area contributed by atoms with Gasteiger partial charge in [0, 0.05) is 0 Å². The molecule has 3 atom stereocenters. The molecule has 0 aromatic heterocycles. The Hall–Kier alpha value is -1.93.